The number of carbonyl (C=O) groups is 4. The number of rotatable bonds is 10. The number of aromatic nitrogens is 2. The van der Waals surface area contributed by atoms with Gasteiger partial charge >= 0.3 is 0 Å². The van der Waals surface area contributed by atoms with Gasteiger partial charge in [0.25, 0.3) is 11.8 Å². The Balaban J connectivity index is 0.783. The number of benzene rings is 4. The van der Waals surface area contributed by atoms with Gasteiger partial charge in [0.1, 0.15) is 17.7 Å². The third-order valence-electron chi connectivity index (χ3n) is 13.3. The highest BCUT2D eigenvalue weighted by Crippen LogP contribution is 2.37. The molecule has 15 heteroatoms. The summed E-state index contributed by atoms with van der Waals surface area (Å²) in [5.74, 6) is -1.68. The second-order valence-corrected chi connectivity index (χ2v) is 17.3. The van der Waals surface area contributed by atoms with E-state index in [4.69, 9.17) is 4.74 Å². The predicted octanol–water partition coefficient (Wildman–Crippen LogP) is 6.10. The van der Waals surface area contributed by atoms with E-state index in [9.17, 15) is 28.0 Å². The third kappa shape index (κ3) is 8.02. The van der Waals surface area contributed by atoms with Gasteiger partial charge in [-0.05, 0) is 109 Å². The molecule has 5 aromatic rings. The van der Waals surface area contributed by atoms with E-state index in [0.717, 1.165) is 91.5 Å². The maximum absolute atomic E-state index is 14.0. The van der Waals surface area contributed by atoms with E-state index in [2.05, 4.69) is 48.1 Å². The average molecular weight is 843 g/mol. The Bertz CT molecular complexity index is 2560. The van der Waals surface area contributed by atoms with Crippen molar-refractivity contribution in [2.75, 3.05) is 54.9 Å². The molecule has 320 valence electrons. The number of aromatic amines is 1. The molecule has 1 unspecified atom stereocenters. The van der Waals surface area contributed by atoms with E-state index in [0.29, 0.717) is 72.5 Å². The molecular weight excluding hydrogens is 795 g/mol. The molecule has 0 spiro atoms. The minimum atomic E-state index is -0.628. The molecule has 0 aliphatic carbocycles. The molecule has 6 heterocycles. The van der Waals surface area contributed by atoms with Crippen molar-refractivity contribution < 1.29 is 32.7 Å². The number of nitrogens with one attached hydrogen (secondary N) is 4. The minimum absolute atomic E-state index is 0.139. The molecule has 4 aromatic carbocycles. The first kappa shape index (κ1) is 39.9. The van der Waals surface area contributed by atoms with Crippen LogP contribution in [0.1, 0.15) is 87.4 Å². The zero-order valence-electron chi connectivity index (χ0n) is 34.2. The highest BCUT2D eigenvalue weighted by atomic mass is 19.1. The smallest absolute Gasteiger partial charge is 0.258 e. The number of halogens is 2. The number of fused-ring (bicyclic) bond motifs is 2. The van der Waals surface area contributed by atoms with Gasteiger partial charge in [-0.3, -0.25) is 34.5 Å². The Kier molecular flexibility index (Phi) is 10.7. The summed E-state index contributed by atoms with van der Waals surface area (Å²) in [6.45, 7) is 5.30. The number of hydrogen-bond donors (Lipinski definition) is 4. The molecule has 1 atom stereocenters. The summed E-state index contributed by atoms with van der Waals surface area (Å²) >= 11 is 0. The first-order chi connectivity index (χ1) is 30.1. The van der Waals surface area contributed by atoms with E-state index in [1.165, 1.54) is 12.1 Å². The van der Waals surface area contributed by atoms with Crippen LogP contribution < -0.4 is 20.9 Å². The van der Waals surface area contributed by atoms with E-state index in [1.807, 2.05) is 42.5 Å². The lowest BCUT2D eigenvalue weighted by molar-refractivity contribution is -0.136. The Morgan fingerprint density at radius 2 is 1.65 bits per heavy atom. The van der Waals surface area contributed by atoms with E-state index in [1.54, 1.807) is 4.90 Å². The number of ether oxygens (including phenoxy) is 1. The Morgan fingerprint density at radius 1 is 0.855 bits per heavy atom. The Labute approximate surface area is 357 Å². The van der Waals surface area contributed by atoms with Crippen molar-refractivity contribution in [1.29, 1.82) is 0 Å². The van der Waals surface area contributed by atoms with Crippen molar-refractivity contribution >= 4 is 51.7 Å². The van der Waals surface area contributed by atoms with Gasteiger partial charge in [0.15, 0.2) is 5.82 Å². The van der Waals surface area contributed by atoms with Crippen molar-refractivity contribution in [3.8, 4) is 0 Å². The van der Waals surface area contributed by atoms with Gasteiger partial charge in [-0.1, -0.05) is 18.2 Å². The maximum atomic E-state index is 14.0. The van der Waals surface area contributed by atoms with Crippen molar-refractivity contribution in [2.24, 2.45) is 0 Å². The summed E-state index contributed by atoms with van der Waals surface area (Å²) < 4.78 is 33.4. The summed E-state index contributed by atoms with van der Waals surface area (Å²) in [6.07, 6.45) is 4.57. The fraction of sp³-hybridized carbons (Fsp3) is 0.383. The summed E-state index contributed by atoms with van der Waals surface area (Å²) in [6, 6.07) is 21.2. The first-order valence-corrected chi connectivity index (χ1v) is 21.6. The standard InChI is InChI=1S/C47H48F2N8O5/c48-32-18-28(19-33(49)22-32)17-27-1-6-40-39(20-27)44(54-53-40)52-45(59)37-5-4-36(23-41(37)50-34-11-15-62-16-12-34)55-13-9-35(10-14-55)56-24-31(25-56)29-2-3-30-26-57(47(61)38(30)21-29)42-7-8-43(58)51-46(42)60/h1-6,18-23,31,34-35,42,50H,7-17,24-26H2,(H,51,58,60)(H2,52,53,54,59). The summed E-state index contributed by atoms with van der Waals surface area (Å²) in [7, 11) is 0. The number of carbonyl (C=O) groups excluding carboxylic acids is 4. The van der Waals surface area contributed by atoms with Crippen LogP contribution in [0.4, 0.5) is 26.0 Å². The zero-order chi connectivity index (χ0) is 42.5. The lowest BCUT2D eigenvalue weighted by Gasteiger charge is -2.47. The van der Waals surface area contributed by atoms with E-state index < -0.39 is 23.6 Å². The topological polar surface area (TPSA) is 152 Å². The predicted molar refractivity (Wildman–Crippen MR) is 229 cm³/mol. The summed E-state index contributed by atoms with van der Waals surface area (Å²) in [5, 5.41) is 17.1. The second kappa shape index (κ2) is 16.6. The van der Waals surface area contributed by atoms with Gasteiger partial charge in [0.2, 0.25) is 11.8 Å². The number of amides is 4. The zero-order valence-corrected chi connectivity index (χ0v) is 34.2. The number of likely N-dealkylation sites (tertiary alicyclic amines) is 1. The number of nitrogens with zero attached hydrogens (tertiary/aromatic N) is 4. The van der Waals surface area contributed by atoms with Crippen LogP contribution in [0.5, 0.6) is 0 Å². The number of imide groups is 1. The fourth-order valence-corrected chi connectivity index (χ4v) is 9.84. The molecule has 4 saturated heterocycles. The first-order valence-electron chi connectivity index (χ1n) is 21.6. The van der Waals surface area contributed by atoms with Crippen LogP contribution in [0, 0.1) is 11.6 Å². The molecule has 62 heavy (non-hydrogen) atoms. The van der Waals surface area contributed by atoms with E-state index >= 15 is 0 Å². The molecule has 1 aromatic heterocycles. The molecule has 0 radical (unpaired) electrons. The molecule has 5 aliphatic rings. The third-order valence-corrected chi connectivity index (χ3v) is 13.3. The van der Waals surface area contributed by atoms with Gasteiger partial charge in [-0.25, -0.2) is 8.78 Å². The lowest BCUT2D eigenvalue weighted by Crippen LogP contribution is -2.54. The molecule has 4 fully saturated rings. The summed E-state index contributed by atoms with van der Waals surface area (Å²) in [5.41, 5.74) is 7.09. The second-order valence-electron chi connectivity index (χ2n) is 17.3. The van der Waals surface area contributed by atoms with Crippen molar-refractivity contribution in [3.63, 3.8) is 0 Å². The van der Waals surface area contributed by atoms with Gasteiger partial charge < -0.3 is 25.2 Å². The normalized spacial score (nSPS) is 20.4. The van der Waals surface area contributed by atoms with Crippen LogP contribution in [0.2, 0.25) is 0 Å². The van der Waals surface area contributed by atoms with Gasteiger partial charge in [-0.2, -0.15) is 5.10 Å². The summed E-state index contributed by atoms with van der Waals surface area (Å²) in [4.78, 5) is 58.2. The van der Waals surface area contributed by atoms with Crippen LogP contribution in [-0.4, -0.2) is 101 Å². The lowest BCUT2D eigenvalue weighted by atomic mass is 9.86. The van der Waals surface area contributed by atoms with Gasteiger partial charge in [-0.15, -0.1) is 0 Å². The maximum Gasteiger partial charge on any atom is 0.258 e. The quantitative estimate of drug-likeness (QED) is 0.122. The van der Waals surface area contributed by atoms with Crippen molar-refractivity contribution in [1.82, 2.24) is 25.3 Å². The van der Waals surface area contributed by atoms with Crippen LogP contribution in [0.25, 0.3) is 10.9 Å². The average Bonchev–Trinajstić information content (AvgIpc) is 3.79. The molecule has 10 rings (SSSR count). The van der Waals surface area contributed by atoms with Crippen LogP contribution in [0.3, 0.4) is 0 Å². The van der Waals surface area contributed by atoms with Crippen LogP contribution in [-0.2, 0) is 27.3 Å². The molecule has 0 saturated carbocycles. The SMILES string of the molecule is O=C1CCC(N2Cc3ccc(C4CN(C5CCN(c6ccc(C(=O)Nc7n[nH]c8ccc(Cc9cc(F)cc(F)c9)cc78)c(NC7CCOCC7)c6)CC5)C4)cc3C2=O)C(=O)N1. The van der Waals surface area contributed by atoms with Gasteiger partial charge in [0, 0.05) is 98.8 Å². The molecule has 13 nitrogen and oxygen atoms in total. The largest absolute Gasteiger partial charge is 0.381 e. The van der Waals surface area contributed by atoms with Crippen molar-refractivity contribution in [2.45, 2.75) is 75.5 Å². The number of hydrogen-bond acceptors (Lipinski definition) is 9. The van der Waals surface area contributed by atoms with Crippen molar-refractivity contribution in [3.05, 3.63) is 118 Å². The minimum Gasteiger partial charge on any atom is -0.381 e. The van der Waals surface area contributed by atoms with Gasteiger partial charge in [0.05, 0.1) is 11.1 Å². The molecular formula is C47H48F2N8O5. The Hall–Kier alpha value is -6.19. The molecule has 0 bridgehead atoms. The molecule has 5 aliphatic heterocycles. The number of H-pyrrole nitrogens is 1. The number of anilines is 3. The van der Waals surface area contributed by atoms with Crippen LogP contribution >= 0.6 is 0 Å². The molecule has 4 N–H and O–H groups in total. The monoisotopic (exact) mass is 842 g/mol. The van der Waals surface area contributed by atoms with Crippen LogP contribution in [0.15, 0.2) is 72.8 Å². The van der Waals surface area contributed by atoms with E-state index in [-0.39, 0.29) is 30.2 Å². The highest BCUT2D eigenvalue weighted by Gasteiger charge is 2.41. The molecule has 4 amide bonds. The highest BCUT2D eigenvalue weighted by molar-refractivity contribution is 6.11. The number of piperidine rings is 2. The Morgan fingerprint density at radius 3 is 2.42 bits per heavy atom. The fourth-order valence-electron chi connectivity index (χ4n) is 9.84.